The van der Waals surface area contributed by atoms with Gasteiger partial charge < -0.3 is 30.1 Å². The highest BCUT2D eigenvalue weighted by molar-refractivity contribution is 5.72. The minimum Gasteiger partial charge on any atom is -0.394 e. The summed E-state index contributed by atoms with van der Waals surface area (Å²) in [6.07, 6.45) is -5.38. The molecule has 94 valence electrons. The van der Waals surface area contributed by atoms with Crippen molar-refractivity contribution in [2.75, 3.05) is 6.61 Å². The van der Waals surface area contributed by atoms with E-state index in [2.05, 4.69) is 9.88 Å². The Kier molecular flexibility index (Phi) is 4.59. The number of aliphatic hydroxyl groups is 4. The van der Waals surface area contributed by atoms with E-state index in [9.17, 15) is 15.3 Å². The second kappa shape index (κ2) is 5.53. The van der Waals surface area contributed by atoms with Gasteiger partial charge in [0.05, 0.1) is 6.61 Å². The number of aliphatic hydroxyl groups excluding tert-OH is 4. The number of aliphatic imine (C=N–C) groups is 1. The number of hydrogen-bond donors (Lipinski definition) is 5. The SMILES string of the molecule is CC(=N[C@@H]1[C@@H](O)[C@H](O)[C@@H](CO)O[C@H]1O)OO. The zero-order chi connectivity index (χ0) is 12.3. The van der Waals surface area contributed by atoms with Crippen LogP contribution < -0.4 is 0 Å². The normalized spacial score (nSPS) is 40.9. The van der Waals surface area contributed by atoms with Crippen molar-refractivity contribution in [1.29, 1.82) is 0 Å². The van der Waals surface area contributed by atoms with Crippen molar-refractivity contribution in [3.05, 3.63) is 0 Å². The van der Waals surface area contributed by atoms with Crippen LogP contribution in [0.1, 0.15) is 6.92 Å². The summed E-state index contributed by atoms with van der Waals surface area (Å²) in [5.41, 5.74) is 0. The fraction of sp³-hybridized carbons (Fsp3) is 0.875. The molecule has 0 saturated carbocycles. The first kappa shape index (κ1) is 13.3. The molecule has 0 unspecified atom stereocenters. The zero-order valence-electron chi connectivity index (χ0n) is 8.59. The Hall–Kier alpha value is -0.770. The van der Waals surface area contributed by atoms with Crippen LogP contribution in [0.15, 0.2) is 4.99 Å². The van der Waals surface area contributed by atoms with Crippen LogP contribution in [0.2, 0.25) is 0 Å². The van der Waals surface area contributed by atoms with Crippen molar-refractivity contribution in [3.8, 4) is 0 Å². The van der Waals surface area contributed by atoms with E-state index in [1.54, 1.807) is 0 Å². The Morgan fingerprint density at radius 1 is 1.31 bits per heavy atom. The average Bonchev–Trinajstić information content (AvgIpc) is 2.28. The van der Waals surface area contributed by atoms with Gasteiger partial charge in [0.15, 0.2) is 6.29 Å². The minimum atomic E-state index is -1.50. The van der Waals surface area contributed by atoms with Gasteiger partial charge in [0.25, 0.3) is 0 Å². The molecule has 5 N–H and O–H groups in total. The van der Waals surface area contributed by atoms with Gasteiger partial charge in [-0.3, -0.25) is 0 Å². The van der Waals surface area contributed by atoms with E-state index in [0.717, 1.165) is 0 Å². The van der Waals surface area contributed by atoms with Crippen LogP contribution in [0.25, 0.3) is 0 Å². The third-order valence-electron chi connectivity index (χ3n) is 2.33. The molecule has 0 aromatic rings. The van der Waals surface area contributed by atoms with E-state index in [0.29, 0.717) is 0 Å². The Bertz CT molecular complexity index is 259. The third kappa shape index (κ3) is 2.67. The zero-order valence-corrected chi connectivity index (χ0v) is 8.59. The van der Waals surface area contributed by atoms with Crippen molar-refractivity contribution in [3.63, 3.8) is 0 Å². The van der Waals surface area contributed by atoms with Crippen molar-refractivity contribution < 1.29 is 35.3 Å². The molecule has 0 amide bonds. The van der Waals surface area contributed by atoms with E-state index in [4.69, 9.17) is 15.1 Å². The molecule has 1 aliphatic rings. The molecule has 0 radical (unpaired) electrons. The first-order valence-electron chi connectivity index (χ1n) is 4.67. The lowest BCUT2D eigenvalue weighted by molar-refractivity contribution is -0.249. The quantitative estimate of drug-likeness (QED) is 0.158. The van der Waals surface area contributed by atoms with Crippen LogP contribution >= 0.6 is 0 Å². The van der Waals surface area contributed by atoms with Gasteiger partial charge in [0.1, 0.15) is 24.4 Å². The predicted molar refractivity (Wildman–Crippen MR) is 50.6 cm³/mol. The lowest BCUT2D eigenvalue weighted by Crippen LogP contribution is -2.58. The lowest BCUT2D eigenvalue weighted by atomic mass is 9.97. The molecule has 1 heterocycles. The molecule has 0 spiro atoms. The summed E-state index contributed by atoms with van der Waals surface area (Å²) in [6, 6.07) is -1.19. The van der Waals surface area contributed by atoms with Crippen LogP contribution in [0.5, 0.6) is 0 Å². The topological polar surface area (TPSA) is 132 Å². The fourth-order valence-electron chi connectivity index (χ4n) is 1.46. The highest BCUT2D eigenvalue weighted by Crippen LogP contribution is 2.22. The van der Waals surface area contributed by atoms with E-state index in [1.165, 1.54) is 6.92 Å². The van der Waals surface area contributed by atoms with Gasteiger partial charge >= 0.3 is 0 Å². The average molecular weight is 237 g/mol. The van der Waals surface area contributed by atoms with E-state index >= 15 is 0 Å². The molecule has 0 aliphatic carbocycles. The number of hydrogen-bond acceptors (Lipinski definition) is 8. The summed E-state index contributed by atoms with van der Waals surface area (Å²) in [5, 5.41) is 45.6. The molecule has 1 aliphatic heterocycles. The first-order chi connectivity index (χ1) is 7.51. The Labute approximate surface area is 91.3 Å². The van der Waals surface area contributed by atoms with Gasteiger partial charge in [0.2, 0.25) is 5.90 Å². The molecule has 1 saturated heterocycles. The number of rotatable bonds is 2. The van der Waals surface area contributed by atoms with E-state index < -0.39 is 37.3 Å². The summed E-state index contributed by atoms with van der Waals surface area (Å²) in [7, 11) is 0. The van der Waals surface area contributed by atoms with Gasteiger partial charge in [-0.05, 0) is 0 Å². The first-order valence-corrected chi connectivity index (χ1v) is 4.67. The highest BCUT2D eigenvalue weighted by Gasteiger charge is 2.43. The van der Waals surface area contributed by atoms with Crippen molar-refractivity contribution in [2.45, 2.75) is 37.6 Å². The molecule has 0 aromatic heterocycles. The summed E-state index contributed by atoms with van der Waals surface area (Å²) < 4.78 is 4.83. The van der Waals surface area contributed by atoms with Gasteiger partial charge in [-0.1, -0.05) is 0 Å². The van der Waals surface area contributed by atoms with Gasteiger partial charge in [-0.2, -0.15) is 0 Å². The minimum absolute atomic E-state index is 0.193. The molecular formula is C8H15NO7. The van der Waals surface area contributed by atoms with Crippen LogP contribution in [-0.4, -0.2) is 68.8 Å². The van der Waals surface area contributed by atoms with Crippen LogP contribution in [0.3, 0.4) is 0 Å². The largest absolute Gasteiger partial charge is 0.394 e. The smallest absolute Gasteiger partial charge is 0.224 e. The molecule has 0 bridgehead atoms. The number of ether oxygens (including phenoxy) is 1. The molecule has 16 heavy (non-hydrogen) atoms. The second-order valence-corrected chi connectivity index (χ2v) is 3.46. The molecule has 1 fully saturated rings. The molecule has 8 heteroatoms. The maximum absolute atomic E-state index is 9.61. The lowest BCUT2D eigenvalue weighted by Gasteiger charge is -2.38. The molecular weight excluding hydrogens is 222 g/mol. The highest BCUT2D eigenvalue weighted by atomic mass is 17.1. The van der Waals surface area contributed by atoms with Crippen molar-refractivity contribution in [1.82, 2.24) is 0 Å². The van der Waals surface area contributed by atoms with Gasteiger partial charge in [-0.25, -0.2) is 10.2 Å². The standard InChI is InChI=1S/C8H15NO7/c1-3(16-14)9-5-7(12)6(11)4(2-10)15-8(5)13/h4-8,10-14H,2H2,1H3/t4-,5-,6-,7-,8-/m1/s1. The van der Waals surface area contributed by atoms with Crippen LogP contribution in [0, 0.1) is 0 Å². The maximum Gasteiger partial charge on any atom is 0.224 e. The van der Waals surface area contributed by atoms with Crippen LogP contribution in [0.4, 0.5) is 0 Å². The van der Waals surface area contributed by atoms with Crippen molar-refractivity contribution >= 4 is 5.90 Å². The maximum atomic E-state index is 9.61. The Morgan fingerprint density at radius 3 is 2.44 bits per heavy atom. The molecule has 1 rings (SSSR count). The predicted octanol–water partition coefficient (Wildman–Crippen LogP) is -2.31. The second-order valence-electron chi connectivity index (χ2n) is 3.46. The Balaban J connectivity index is 2.79. The van der Waals surface area contributed by atoms with Gasteiger partial charge in [-0.15, -0.1) is 0 Å². The summed E-state index contributed by atoms with van der Waals surface area (Å²) >= 11 is 0. The van der Waals surface area contributed by atoms with E-state index in [1.807, 2.05) is 0 Å². The summed E-state index contributed by atoms with van der Waals surface area (Å²) in [5.74, 6) is -0.193. The molecule has 5 atom stereocenters. The monoisotopic (exact) mass is 237 g/mol. The van der Waals surface area contributed by atoms with E-state index in [-0.39, 0.29) is 5.90 Å². The summed E-state index contributed by atoms with van der Waals surface area (Å²) in [4.78, 5) is 7.39. The summed E-state index contributed by atoms with van der Waals surface area (Å²) in [6.45, 7) is 0.755. The third-order valence-corrected chi connectivity index (χ3v) is 2.33. The fourth-order valence-corrected chi connectivity index (χ4v) is 1.46. The molecule has 0 aromatic carbocycles. The Morgan fingerprint density at radius 2 is 1.94 bits per heavy atom. The van der Waals surface area contributed by atoms with Crippen molar-refractivity contribution in [2.24, 2.45) is 4.99 Å². The number of nitrogens with zero attached hydrogens (tertiary/aromatic N) is 1. The van der Waals surface area contributed by atoms with Crippen LogP contribution in [-0.2, 0) is 9.62 Å². The van der Waals surface area contributed by atoms with Gasteiger partial charge in [0, 0.05) is 6.92 Å². The molecule has 8 nitrogen and oxygen atoms in total.